The second-order valence-electron chi connectivity index (χ2n) is 6.83. The van der Waals surface area contributed by atoms with Crippen LogP contribution in [0.5, 0.6) is 0 Å². The van der Waals surface area contributed by atoms with Crippen LogP contribution in [0.2, 0.25) is 0 Å². The molecule has 0 aliphatic carbocycles. The Morgan fingerprint density at radius 1 is 0.970 bits per heavy atom. The number of nitrogens with two attached hydrogens (primary N) is 1. The van der Waals surface area contributed by atoms with E-state index in [2.05, 4.69) is 20.3 Å². The average molecular weight is 461 g/mol. The molecule has 2 aromatic heterocycles. The number of H-pyrrole nitrogens is 1. The van der Waals surface area contributed by atoms with Gasteiger partial charge in [-0.05, 0) is 36.4 Å². The molecule has 0 aliphatic heterocycles. The molecule has 0 saturated carbocycles. The smallest absolute Gasteiger partial charge is 0.366 e. The number of aromatic nitrogens is 3. The van der Waals surface area contributed by atoms with Gasteiger partial charge >= 0.3 is 6.18 Å². The van der Waals surface area contributed by atoms with Crippen LogP contribution in [0.4, 0.5) is 33.5 Å². The number of fused-ring (bicyclic) bond motifs is 1. The zero-order valence-electron chi connectivity index (χ0n) is 16.3. The zero-order valence-corrected chi connectivity index (χ0v) is 16.3. The first-order valence-corrected chi connectivity index (χ1v) is 9.16. The van der Waals surface area contributed by atoms with Crippen molar-refractivity contribution in [3.8, 4) is 0 Å². The van der Waals surface area contributed by atoms with Crippen molar-refractivity contribution in [1.29, 1.82) is 0 Å². The van der Waals surface area contributed by atoms with E-state index < -0.39 is 46.2 Å². The summed E-state index contributed by atoms with van der Waals surface area (Å²) in [5.41, 5.74) is 2.63. The normalized spacial score (nSPS) is 11.5. The molecule has 0 saturated heterocycles. The van der Waals surface area contributed by atoms with Gasteiger partial charge in [0.05, 0.1) is 27.6 Å². The van der Waals surface area contributed by atoms with Gasteiger partial charge in [0.2, 0.25) is 5.78 Å². The average Bonchev–Trinajstić information content (AvgIpc) is 3.18. The van der Waals surface area contributed by atoms with Gasteiger partial charge in [0.1, 0.15) is 29.4 Å². The predicted octanol–water partition coefficient (Wildman–Crippen LogP) is 4.33. The number of ketones is 1. The molecule has 2 heterocycles. The minimum atomic E-state index is -4.52. The second kappa shape index (κ2) is 7.97. The highest BCUT2D eigenvalue weighted by Crippen LogP contribution is 2.32. The molecule has 33 heavy (non-hydrogen) atoms. The number of aromatic amines is 1. The fraction of sp³-hybridized carbons (Fsp3) is 0.0476. The molecule has 7 nitrogen and oxygen atoms in total. The van der Waals surface area contributed by atoms with Crippen LogP contribution in [0.1, 0.15) is 31.8 Å². The molecule has 0 unspecified atom stereocenters. The highest BCUT2D eigenvalue weighted by molar-refractivity contribution is 6.19. The van der Waals surface area contributed by atoms with Crippen molar-refractivity contribution in [1.82, 2.24) is 15.0 Å². The minimum absolute atomic E-state index is 0.00349. The molecule has 0 atom stereocenters. The Morgan fingerprint density at radius 3 is 2.30 bits per heavy atom. The number of amides is 1. The van der Waals surface area contributed by atoms with Crippen molar-refractivity contribution in [3.05, 3.63) is 82.8 Å². The number of benzene rings is 2. The molecule has 4 aromatic rings. The molecular formula is C21H12F5N5O2. The van der Waals surface area contributed by atoms with E-state index in [-0.39, 0.29) is 28.1 Å². The highest BCUT2D eigenvalue weighted by Gasteiger charge is 2.30. The Kier molecular flexibility index (Phi) is 5.28. The van der Waals surface area contributed by atoms with Crippen LogP contribution in [0.3, 0.4) is 0 Å². The number of halogens is 5. The third kappa shape index (κ3) is 3.97. The zero-order chi connectivity index (χ0) is 23.9. The van der Waals surface area contributed by atoms with Crippen molar-refractivity contribution in [2.24, 2.45) is 5.73 Å². The molecule has 1 amide bonds. The first-order chi connectivity index (χ1) is 15.6. The summed E-state index contributed by atoms with van der Waals surface area (Å²) in [4.78, 5) is 35.0. The first-order valence-electron chi connectivity index (χ1n) is 9.16. The third-order valence-electron chi connectivity index (χ3n) is 4.77. The molecule has 4 N–H and O–H groups in total. The Labute approximate surface area is 181 Å². The third-order valence-corrected chi connectivity index (χ3v) is 4.77. The topological polar surface area (TPSA) is 114 Å². The number of hydrogen-bond donors (Lipinski definition) is 3. The van der Waals surface area contributed by atoms with Crippen LogP contribution in [-0.4, -0.2) is 26.6 Å². The first kappa shape index (κ1) is 21.9. The van der Waals surface area contributed by atoms with Crippen molar-refractivity contribution in [3.63, 3.8) is 0 Å². The lowest BCUT2D eigenvalue weighted by atomic mass is 9.99. The molecule has 0 spiro atoms. The number of carbonyl (C=O) groups excluding carboxylic acids is 2. The molecule has 12 heteroatoms. The van der Waals surface area contributed by atoms with E-state index in [1.807, 2.05) is 0 Å². The van der Waals surface area contributed by atoms with Crippen molar-refractivity contribution >= 4 is 34.2 Å². The maximum Gasteiger partial charge on any atom is 0.416 e. The van der Waals surface area contributed by atoms with Gasteiger partial charge in [-0.2, -0.15) is 13.2 Å². The van der Waals surface area contributed by atoms with Gasteiger partial charge < -0.3 is 16.0 Å². The van der Waals surface area contributed by atoms with E-state index in [0.717, 1.165) is 48.9 Å². The van der Waals surface area contributed by atoms with Crippen molar-refractivity contribution < 1.29 is 31.5 Å². The molecule has 2 aromatic carbocycles. The SMILES string of the molecule is NC(=O)c1ccc(F)c(C(=O)c2c[nH]c3ncnc(Nc4ccc(C(F)(F)F)cc4)c23)c1F. The van der Waals surface area contributed by atoms with E-state index >= 15 is 0 Å². The summed E-state index contributed by atoms with van der Waals surface area (Å²) in [6.45, 7) is 0. The maximum atomic E-state index is 14.7. The van der Waals surface area contributed by atoms with Gasteiger partial charge in [0.15, 0.2) is 0 Å². The summed E-state index contributed by atoms with van der Waals surface area (Å²) < 4.78 is 67.4. The van der Waals surface area contributed by atoms with Gasteiger partial charge in [-0.3, -0.25) is 9.59 Å². The Morgan fingerprint density at radius 2 is 1.67 bits per heavy atom. The molecule has 168 valence electrons. The number of hydrogen-bond acceptors (Lipinski definition) is 5. The van der Waals surface area contributed by atoms with E-state index in [4.69, 9.17) is 5.73 Å². The van der Waals surface area contributed by atoms with E-state index in [1.165, 1.54) is 0 Å². The lowest BCUT2D eigenvalue weighted by Gasteiger charge is -2.11. The molecule has 4 rings (SSSR count). The van der Waals surface area contributed by atoms with E-state index in [0.29, 0.717) is 0 Å². The number of rotatable bonds is 5. The number of anilines is 2. The summed E-state index contributed by atoms with van der Waals surface area (Å²) in [6.07, 6.45) is -2.25. The number of primary amides is 1. The lowest BCUT2D eigenvalue weighted by molar-refractivity contribution is -0.137. The van der Waals surface area contributed by atoms with Gasteiger partial charge in [-0.1, -0.05) is 0 Å². The van der Waals surface area contributed by atoms with Gasteiger partial charge in [0, 0.05) is 11.9 Å². The number of alkyl halides is 3. The standard InChI is InChI=1S/C21H12F5N5O2/c22-13-6-5-11(18(27)33)16(23)15(13)17(32)12-7-28-19-14(12)20(30-8-29-19)31-10-3-1-9(2-4-10)21(24,25)26/h1-8H,(H2,27,33)(H2,28,29,30,31). The fourth-order valence-electron chi connectivity index (χ4n) is 3.20. The van der Waals surface area contributed by atoms with Crippen molar-refractivity contribution in [2.45, 2.75) is 6.18 Å². The van der Waals surface area contributed by atoms with Crippen LogP contribution in [-0.2, 0) is 6.18 Å². The van der Waals surface area contributed by atoms with Gasteiger partial charge in [-0.15, -0.1) is 0 Å². The largest absolute Gasteiger partial charge is 0.416 e. The number of nitrogens with one attached hydrogen (secondary N) is 2. The van der Waals surface area contributed by atoms with E-state index in [9.17, 15) is 31.5 Å². The molecular weight excluding hydrogens is 449 g/mol. The summed E-state index contributed by atoms with van der Waals surface area (Å²) >= 11 is 0. The maximum absolute atomic E-state index is 14.7. The minimum Gasteiger partial charge on any atom is -0.366 e. The summed E-state index contributed by atoms with van der Waals surface area (Å²) in [6, 6.07) is 5.57. The Bertz CT molecular complexity index is 1400. The molecule has 0 aliphatic rings. The van der Waals surface area contributed by atoms with Gasteiger partial charge in [-0.25, -0.2) is 18.7 Å². The quantitative estimate of drug-likeness (QED) is 0.303. The van der Waals surface area contributed by atoms with Crippen LogP contribution in [0, 0.1) is 11.6 Å². The molecule has 0 fully saturated rings. The fourth-order valence-corrected chi connectivity index (χ4v) is 3.20. The van der Waals surface area contributed by atoms with Crippen LogP contribution in [0.25, 0.3) is 11.0 Å². The highest BCUT2D eigenvalue weighted by atomic mass is 19.4. The summed E-state index contributed by atoms with van der Waals surface area (Å²) in [7, 11) is 0. The van der Waals surface area contributed by atoms with Crippen LogP contribution in [0.15, 0.2) is 48.9 Å². The van der Waals surface area contributed by atoms with Crippen molar-refractivity contribution in [2.75, 3.05) is 5.32 Å². The monoisotopic (exact) mass is 461 g/mol. The lowest BCUT2D eigenvalue weighted by Crippen LogP contribution is -2.17. The summed E-state index contributed by atoms with van der Waals surface area (Å²) in [5.74, 6) is -4.95. The molecule has 0 radical (unpaired) electrons. The predicted molar refractivity (Wildman–Crippen MR) is 107 cm³/mol. The van der Waals surface area contributed by atoms with Crippen LogP contribution >= 0.6 is 0 Å². The Balaban J connectivity index is 1.78. The summed E-state index contributed by atoms with van der Waals surface area (Å²) in [5, 5.41) is 2.80. The van der Waals surface area contributed by atoms with E-state index in [1.54, 1.807) is 0 Å². The van der Waals surface area contributed by atoms with Crippen LogP contribution < -0.4 is 11.1 Å². The number of nitrogens with zero attached hydrogens (tertiary/aromatic N) is 2. The number of carbonyl (C=O) groups is 2. The second-order valence-corrected chi connectivity index (χ2v) is 6.83. The Hall–Kier alpha value is -4.35. The van der Waals surface area contributed by atoms with Gasteiger partial charge in [0.25, 0.3) is 5.91 Å². The molecule has 0 bridgehead atoms.